The molecule has 0 fully saturated rings. The summed E-state index contributed by atoms with van der Waals surface area (Å²) < 4.78 is 0. The smallest absolute Gasteiger partial charge is 0.285 e. The van der Waals surface area contributed by atoms with E-state index in [1.165, 1.54) is 0 Å². The summed E-state index contributed by atoms with van der Waals surface area (Å²) in [5, 5.41) is 3.54. The minimum atomic E-state index is -0.455. The Hall–Kier alpha value is -2.99. The van der Waals surface area contributed by atoms with E-state index in [0.29, 0.717) is 17.5 Å². The molecule has 2 heterocycles. The van der Waals surface area contributed by atoms with Gasteiger partial charge in [-0.2, -0.15) is 0 Å². The van der Waals surface area contributed by atoms with Crippen molar-refractivity contribution in [2.45, 2.75) is 13.0 Å². The molecule has 3 amide bonds. The van der Waals surface area contributed by atoms with Crippen LogP contribution in [0.5, 0.6) is 0 Å². The van der Waals surface area contributed by atoms with Crippen molar-refractivity contribution < 1.29 is 19.2 Å². The molecule has 6 nitrogen and oxygen atoms in total. The van der Waals surface area contributed by atoms with E-state index in [-0.39, 0.29) is 12.5 Å². The molecular formula is C17H12N2O4. The average Bonchev–Trinajstić information content (AvgIpc) is 3.04. The number of nitrogens with one attached hydrogen (secondary N) is 1. The summed E-state index contributed by atoms with van der Waals surface area (Å²) in [7, 11) is 0. The standard InChI is InChI=1S/C17H12N2O4/c20-15-8-11-7-10(5-6-14(11)18-15)9-23-19-16(21)12-3-1-2-4-13(12)17(19)22/h1-7H,8-9H2,(H,18,20). The van der Waals surface area contributed by atoms with Crippen LogP contribution >= 0.6 is 0 Å². The van der Waals surface area contributed by atoms with E-state index in [1.54, 1.807) is 36.4 Å². The van der Waals surface area contributed by atoms with Gasteiger partial charge in [0.2, 0.25) is 5.91 Å². The van der Waals surface area contributed by atoms with Crippen molar-refractivity contribution in [2.24, 2.45) is 0 Å². The number of anilines is 1. The Bertz CT molecular complexity index is 824. The van der Waals surface area contributed by atoms with Crippen LogP contribution in [-0.4, -0.2) is 22.8 Å². The van der Waals surface area contributed by atoms with Gasteiger partial charge >= 0.3 is 0 Å². The second kappa shape index (κ2) is 5.03. The van der Waals surface area contributed by atoms with Crippen molar-refractivity contribution in [1.82, 2.24) is 5.06 Å². The number of benzene rings is 2. The lowest BCUT2D eigenvalue weighted by molar-refractivity contribution is -0.115. The van der Waals surface area contributed by atoms with Gasteiger partial charge in [-0.1, -0.05) is 24.3 Å². The van der Waals surface area contributed by atoms with Crippen molar-refractivity contribution in [3.63, 3.8) is 0 Å². The number of hydrogen-bond acceptors (Lipinski definition) is 4. The molecule has 0 atom stereocenters. The Morgan fingerprint density at radius 2 is 1.70 bits per heavy atom. The number of hydrogen-bond donors (Lipinski definition) is 1. The summed E-state index contributed by atoms with van der Waals surface area (Å²) in [6, 6.07) is 12.0. The maximum atomic E-state index is 12.2. The largest absolute Gasteiger partial charge is 0.326 e. The molecule has 114 valence electrons. The molecule has 0 unspecified atom stereocenters. The Balaban J connectivity index is 1.51. The lowest BCUT2D eigenvalue weighted by Gasteiger charge is -2.13. The Morgan fingerprint density at radius 1 is 1.00 bits per heavy atom. The lowest BCUT2D eigenvalue weighted by atomic mass is 10.1. The molecule has 2 aromatic carbocycles. The third-order valence-electron chi connectivity index (χ3n) is 3.91. The van der Waals surface area contributed by atoms with Crippen molar-refractivity contribution in [1.29, 1.82) is 0 Å². The van der Waals surface area contributed by atoms with Gasteiger partial charge in [0.25, 0.3) is 11.8 Å². The first-order valence-corrected chi connectivity index (χ1v) is 7.16. The molecule has 2 aromatic rings. The molecule has 1 N–H and O–H groups in total. The predicted octanol–water partition coefficient (Wildman–Crippen LogP) is 1.91. The molecule has 0 bridgehead atoms. The van der Waals surface area contributed by atoms with E-state index in [0.717, 1.165) is 21.9 Å². The highest BCUT2D eigenvalue weighted by Gasteiger charge is 2.36. The SMILES string of the molecule is O=C1Cc2cc(CON3C(=O)c4ccccc4C3=O)ccc2N1. The molecule has 2 aliphatic heterocycles. The number of imide groups is 1. The molecule has 0 radical (unpaired) electrons. The van der Waals surface area contributed by atoms with Gasteiger partial charge in [0.05, 0.1) is 17.5 Å². The van der Waals surface area contributed by atoms with Crippen LogP contribution in [0.3, 0.4) is 0 Å². The van der Waals surface area contributed by atoms with Crippen LogP contribution in [0.25, 0.3) is 0 Å². The molecule has 23 heavy (non-hydrogen) atoms. The molecule has 0 saturated heterocycles. The van der Waals surface area contributed by atoms with E-state index >= 15 is 0 Å². The number of hydroxylamine groups is 2. The van der Waals surface area contributed by atoms with Crippen LogP contribution in [0.15, 0.2) is 42.5 Å². The van der Waals surface area contributed by atoms with Crippen molar-refractivity contribution in [3.8, 4) is 0 Å². The van der Waals surface area contributed by atoms with Gasteiger partial charge in [0, 0.05) is 5.69 Å². The molecule has 0 saturated carbocycles. The quantitative estimate of drug-likeness (QED) is 0.879. The fourth-order valence-electron chi connectivity index (χ4n) is 2.80. The minimum absolute atomic E-state index is 0.0431. The third-order valence-corrected chi connectivity index (χ3v) is 3.91. The van der Waals surface area contributed by atoms with Crippen LogP contribution in [0.4, 0.5) is 5.69 Å². The summed E-state index contributed by atoms with van der Waals surface area (Å²) >= 11 is 0. The Morgan fingerprint density at radius 3 is 2.39 bits per heavy atom. The van der Waals surface area contributed by atoms with Gasteiger partial charge in [0.1, 0.15) is 6.61 Å². The summed E-state index contributed by atoms with van der Waals surface area (Å²) in [5.41, 5.74) is 3.16. The molecule has 6 heteroatoms. The summed E-state index contributed by atoms with van der Waals surface area (Å²) in [5.74, 6) is -0.953. The zero-order valence-electron chi connectivity index (χ0n) is 12.0. The average molecular weight is 308 g/mol. The van der Waals surface area contributed by atoms with Crippen LogP contribution in [0.2, 0.25) is 0 Å². The van der Waals surface area contributed by atoms with Gasteiger partial charge in [-0.3, -0.25) is 19.2 Å². The first-order chi connectivity index (χ1) is 11.1. The molecule has 4 rings (SSSR count). The highest BCUT2D eigenvalue weighted by molar-refractivity contribution is 6.20. The lowest BCUT2D eigenvalue weighted by Crippen LogP contribution is -2.29. The van der Waals surface area contributed by atoms with E-state index in [9.17, 15) is 14.4 Å². The highest BCUT2D eigenvalue weighted by Crippen LogP contribution is 2.26. The van der Waals surface area contributed by atoms with Crippen LogP contribution in [0.1, 0.15) is 31.8 Å². The Labute approximate surface area is 131 Å². The fraction of sp³-hybridized carbons (Fsp3) is 0.118. The van der Waals surface area contributed by atoms with Gasteiger partial charge in [0.15, 0.2) is 0 Å². The number of rotatable bonds is 3. The van der Waals surface area contributed by atoms with Gasteiger partial charge in [-0.25, -0.2) is 0 Å². The molecule has 2 aliphatic rings. The minimum Gasteiger partial charge on any atom is -0.326 e. The van der Waals surface area contributed by atoms with E-state index in [4.69, 9.17) is 4.84 Å². The molecule has 0 aromatic heterocycles. The van der Waals surface area contributed by atoms with E-state index in [2.05, 4.69) is 5.32 Å². The maximum Gasteiger partial charge on any atom is 0.285 e. The molecule has 0 aliphatic carbocycles. The second-order valence-electron chi connectivity index (χ2n) is 5.44. The van der Waals surface area contributed by atoms with Gasteiger partial charge in [-0.15, -0.1) is 5.06 Å². The normalized spacial score (nSPS) is 15.7. The zero-order valence-corrected chi connectivity index (χ0v) is 12.0. The highest BCUT2D eigenvalue weighted by atomic mass is 16.7. The topological polar surface area (TPSA) is 75.7 Å². The number of carbonyl (C=O) groups is 3. The number of fused-ring (bicyclic) bond motifs is 2. The third kappa shape index (κ3) is 2.20. The van der Waals surface area contributed by atoms with E-state index in [1.807, 2.05) is 6.07 Å². The first kappa shape index (κ1) is 13.7. The van der Waals surface area contributed by atoms with Crippen molar-refractivity contribution in [3.05, 3.63) is 64.7 Å². The summed E-state index contributed by atoms with van der Waals surface area (Å²) in [4.78, 5) is 41.1. The number of nitrogens with zero attached hydrogens (tertiary/aromatic N) is 1. The van der Waals surface area contributed by atoms with Gasteiger partial charge in [-0.05, 0) is 29.3 Å². The monoisotopic (exact) mass is 308 g/mol. The molecular weight excluding hydrogens is 296 g/mol. The van der Waals surface area contributed by atoms with Gasteiger partial charge < -0.3 is 5.32 Å². The van der Waals surface area contributed by atoms with Crippen LogP contribution < -0.4 is 5.32 Å². The van der Waals surface area contributed by atoms with Crippen molar-refractivity contribution in [2.75, 3.05) is 5.32 Å². The predicted molar refractivity (Wildman–Crippen MR) is 80.5 cm³/mol. The second-order valence-corrected chi connectivity index (χ2v) is 5.44. The molecule has 0 spiro atoms. The number of amides is 3. The van der Waals surface area contributed by atoms with E-state index < -0.39 is 11.8 Å². The Kier molecular flexibility index (Phi) is 2.99. The van der Waals surface area contributed by atoms with Crippen molar-refractivity contribution >= 4 is 23.4 Å². The summed E-state index contributed by atoms with van der Waals surface area (Å²) in [6.07, 6.45) is 0.330. The zero-order chi connectivity index (χ0) is 16.0. The summed E-state index contributed by atoms with van der Waals surface area (Å²) in [6.45, 7) is 0.0763. The first-order valence-electron chi connectivity index (χ1n) is 7.16. The van der Waals surface area contributed by atoms with Crippen LogP contribution in [-0.2, 0) is 22.7 Å². The van der Waals surface area contributed by atoms with Crippen LogP contribution in [0, 0.1) is 0 Å². The maximum absolute atomic E-state index is 12.2. The number of carbonyl (C=O) groups excluding carboxylic acids is 3. The fourth-order valence-corrected chi connectivity index (χ4v) is 2.80.